The van der Waals surface area contributed by atoms with Crippen molar-refractivity contribution in [2.24, 2.45) is 5.92 Å². The number of amides is 2. The van der Waals surface area contributed by atoms with Gasteiger partial charge in [0.2, 0.25) is 0 Å². The maximum absolute atomic E-state index is 12.7. The first kappa shape index (κ1) is 16.1. The zero-order chi connectivity index (χ0) is 17.1. The Balaban J connectivity index is 1.42. The molecule has 0 bridgehead atoms. The third-order valence-electron chi connectivity index (χ3n) is 5.34. The summed E-state index contributed by atoms with van der Waals surface area (Å²) in [6, 6.07) is 12.7. The van der Waals surface area contributed by atoms with Crippen LogP contribution in [0.3, 0.4) is 0 Å². The fourth-order valence-corrected chi connectivity index (χ4v) is 4.10. The standard InChI is InChI=1S/C19H24N4O2/c24-19(20-9-11-22-10-4-8-21-22)23-13-16(15-5-2-1-3-6-15)17-14-25-12-7-18(17)23/h1-6,8,10,16-18H,7,9,11-14H2,(H,20,24). The van der Waals surface area contributed by atoms with Crippen LogP contribution in [0.4, 0.5) is 4.79 Å². The minimum Gasteiger partial charge on any atom is -0.381 e. The zero-order valence-corrected chi connectivity index (χ0v) is 14.3. The number of hydrogen-bond acceptors (Lipinski definition) is 3. The molecule has 2 saturated heterocycles. The molecule has 25 heavy (non-hydrogen) atoms. The third kappa shape index (κ3) is 3.39. The van der Waals surface area contributed by atoms with Crippen molar-refractivity contribution in [2.75, 3.05) is 26.3 Å². The molecule has 2 fully saturated rings. The van der Waals surface area contributed by atoms with Gasteiger partial charge in [-0.15, -0.1) is 0 Å². The number of hydrogen-bond donors (Lipinski definition) is 1. The van der Waals surface area contributed by atoms with Crippen LogP contribution < -0.4 is 5.32 Å². The average molecular weight is 340 g/mol. The lowest BCUT2D eigenvalue weighted by Gasteiger charge is -2.32. The summed E-state index contributed by atoms with van der Waals surface area (Å²) >= 11 is 0. The molecule has 0 spiro atoms. The minimum atomic E-state index is 0.0301. The molecule has 2 aliphatic heterocycles. The summed E-state index contributed by atoms with van der Waals surface area (Å²) in [7, 11) is 0. The number of fused-ring (bicyclic) bond motifs is 1. The van der Waals surface area contributed by atoms with Gasteiger partial charge in [0.15, 0.2) is 0 Å². The van der Waals surface area contributed by atoms with Crippen molar-refractivity contribution >= 4 is 6.03 Å². The van der Waals surface area contributed by atoms with Gasteiger partial charge >= 0.3 is 6.03 Å². The van der Waals surface area contributed by atoms with Crippen molar-refractivity contribution in [3.63, 3.8) is 0 Å². The number of aromatic nitrogens is 2. The molecule has 6 heteroatoms. The van der Waals surface area contributed by atoms with Crippen molar-refractivity contribution in [1.29, 1.82) is 0 Å². The van der Waals surface area contributed by atoms with Crippen LogP contribution in [-0.4, -0.2) is 53.1 Å². The monoisotopic (exact) mass is 340 g/mol. The number of nitrogens with one attached hydrogen (secondary N) is 1. The highest BCUT2D eigenvalue weighted by atomic mass is 16.5. The Morgan fingerprint density at radius 1 is 1.28 bits per heavy atom. The molecular weight excluding hydrogens is 316 g/mol. The van der Waals surface area contributed by atoms with E-state index < -0.39 is 0 Å². The quantitative estimate of drug-likeness (QED) is 0.927. The number of carbonyl (C=O) groups is 1. The summed E-state index contributed by atoms with van der Waals surface area (Å²) in [6.07, 6.45) is 4.57. The summed E-state index contributed by atoms with van der Waals surface area (Å²) in [6.45, 7) is 3.50. The lowest BCUT2D eigenvalue weighted by Crippen LogP contribution is -2.47. The fourth-order valence-electron chi connectivity index (χ4n) is 4.10. The van der Waals surface area contributed by atoms with Gasteiger partial charge in [0, 0.05) is 50.0 Å². The van der Waals surface area contributed by atoms with Crippen LogP contribution in [0, 0.1) is 5.92 Å². The number of urea groups is 1. The fraction of sp³-hybridized carbons (Fsp3) is 0.474. The molecular formula is C19H24N4O2. The highest BCUT2D eigenvalue weighted by Crippen LogP contribution is 2.40. The largest absolute Gasteiger partial charge is 0.381 e. The predicted molar refractivity (Wildman–Crippen MR) is 94.2 cm³/mol. The second kappa shape index (κ2) is 7.27. The second-order valence-electron chi connectivity index (χ2n) is 6.77. The first-order chi connectivity index (χ1) is 12.3. The highest BCUT2D eigenvalue weighted by molar-refractivity contribution is 5.75. The minimum absolute atomic E-state index is 0.0301. The van der Waals surface area contributed by atoms with Crippen LogP contribution in [0.5, 0.6) is 0 Å². The summed E-state index contributed by atoms with van der Waals surface area (Å²) in [5.74, 6) is 0.733. The first-order valence-electron chi connectivity index (χ1n) is 8.97. The van der Waals surface area contributed by atoms with E-state index in [4.69, 9.17) is 4.74 Å². The topological polar surface area (TPSA) is 59.4 Å². The van der Waals surface area contributed by atoms with Gasteiger partial charge < -0.3 is 15.0 Å². The molecule has 2 aromatic rings. The van der Waals surface area contributed by atoms with E-state index in [1.54, 1.807) is 6.20 Å². The number of nitrogens with zero attached hydrogens (tertiary/aromatic N) is 3. The first-order valence-corrected chi connectivity index (χ1v) is 8.97. The summed E-state index contributed by atoms with van der Waals surface area (Å²) in [5, 5.41) is 7.22. The van der Waals surface area contributed by atoms with Crippen LogP contribution in [0.1, 0.15) is 17.9 Å². The molecule has 6 nitrogen and oxygen atoms in total. The smallest absolute Gasteiger partial charge is 0.317 e. The van der Waals surface area contributed by atoms with Gasteiger partial charge in [0.25, 0.3) is 0 Å². The lowest BCUT2D eigenvalue weighted by atomic mass is 9.84. The Morgan fingerprint density at radius 3 is 2.96 bits per heavy atom. The number of benzene rings is 1. The van der Waals surface area contributed by atoms with E-state index in [-0.39, 0.29) is 12.1 Å². The second-order valence-corrected chi connectivity index (χ2v) is 6.77. The average Bonchev–Trinajstić information content (AvgIpc) is 3.30. The lowest BCUT2D eigenvalue weighted by molar-refractivity contribution is 0.0261. The van der Waals surface area contributed by atoms with Gasteiger partial charge in [0.1, 0.15) is 0 Å². The maximum Gasteiger partial charge on any atom is 0.317 e. The van der Waals surface area contributed by atoms with Crippen LogP contribution in [0.25, 0.3) is 0 Å². The Bertz CT molecular complexity index is 689. The van der Waals surface area contributed by atoms with Crippen molar-refractivity contribution < 1.29 is 9.53 Å². The van der Waals surface area contributed by atoms with E-state index in [0.29, 0.717) is 24.9 Å². The van der Waals surface area contributed by atoms with Crippen molar-refractivity contribution in [3.05, 3.63) is 54.4 Å². The molecule has 0 aliphatic carbocycles. The SMILES string of the molecule is O=C(NCCn1cccn1)N1CC(c2ccccc2)C2COCCC21. The molecule has 3 atom stereocenters. The molecule has 1 N–H and O–H groups in total. The van der Waals surface area contributed by atoms with Crippen LogP contribution in [0.15, 0.2) is 48.8 Å². The molecule has 3 unspecified atom stereocenters. The molecule has 1 aromatic heterocycles. The molecule has 0 radical (unpaired) electrons. The molecule has 0 saturated carbocycles. The predicted octanol–water partition coefficient (Wildman–Crippen LogP) is 2.10. The zero-order valence-electron chi connectivity index (χ0n) is 14.3. The van der Waals surface area contributed by atoms with E-state index in [2.05, 4.69) is 34.7 Å². The van der Waals surface area contributed by atoms with Crippen molar-refractivity contribution in [1.82, 2.24) is 20.0 Å². The Morgan fingerprint density at radius 2 is 2.16 bits per heavy atom. The molecule has 2 aliphatic rings. The van der Waals surface area contributed by atoms with E-state index in [1.807, 2.05) is 27.9 Å². The van der Waals surface area contributed by atoms with Crippen LogP contribution in [-0.2, 0) is 11.3 Å². The van der Waals surface area contributed by atoms with E-state index >= 15 is 0 Å². The normalized spacial score (nSPS) is 25.6. The molecule has 132 valence electrons. The van der Waals surface area contributed by atoms with Crippen LogP contribution in [0.2, 0.25) is 0 Å². The van der Waals surface area contributed by atoms with E-state index in [1.165, 1.54) is 5.56 Å². The highest BCUT2D eigenvalue weighted by Gasteiger charge is 2.45. The van der Waals surface area contributed by atoms with Gasteiger partial charge in [-0.1, -0.05) is 30.3 Å². The van der Waals surface area contributed by atoms with Gasteiger partial charge in [-0.05, 0) is 18.1 Å². The van der Waals surface area contributed by atoms with E-state index in [0.717, 1.165) is 26.2 Å². The van der Waals surface area contributed by atoms with Gasteiger partial charge in [-0.2, -0.15) is 5.10 Å². The Kier molecular flexibility index (Phi) is 4.70. The molecule has 4 rings (SSSR count). The van der Waals surface area contributed by atoms with Crippen molar-refractivity contribution in [2.45, 2.75) is 24.9 Å². The summed E-state index contributed by atoms with van der Waals surface area (Å²) in [4.78, 5) is 14.8. The third-order valence-corrected chi connectivity index (χ3v) is 5.34. The van der Waals surface area contributed by atoms with E-state index in [9.17, 15) is 4.79 Å². The Labute approximate surface area is 147 Å². The van der Waals surface area contributed by atoms with Gasteiger partial charge in [0.05, 0.1) is 13.2 Å². The molecule has 3 heterocycles. The van der Waals surface area contributed by atoms with Crippen molar-refractivity contribution in [3.8, 4) is 0 Å². The Hall–Kier alpha value is -2.34. The number of carbonyl (C=O) groups excluding carboxylic acids is 1. The van der Waals surface area contributed by atoms with Gasteiger partial charge in [-0.3, -0.25) is 4.68 Å². The molecule has 2 amide bonds. The number of rotatable bonds is 4. The molecule has 1 aromatic carbocycles. The summed E-state index contributed by atoms with van der Waals surface area (Å²) in [5.41, 5.74) is 1.30. The van der Waals surface area contributed by atoms with Crippen LogP contribution >= 0.6 is 0 Å². The number of ether oxygens (including phenoxy) is 1. The summed E-state index contributed by atoms with van der Waals surface area (Å²) < 4.78 is 7.55. The van der Waals surface area contributed by atoms with Gasteiger partial charge in [-0.25, -0.2) is 4.79 Å². The maximum atomic E-state index is 12.7. The number of likely N-dealkylation sites (tertiary alicyclic amines) is 1.